The Labute approximate surface area is 251 Å². The number of amides is 2. The molecular formula is C32H34N4O6S. The molecule has 4 aromatic rings. The third-order valence-corrected chi connectivity index (χ3v) is 7.63. The molecule has 0 fully saturated rings. The lowest BCUT2D eigenvalue weighted by Gasteiger charge is -2.19. The molecule has 0 aliphatic carbocycles. The Morgan fingerprint density at radius 1 is 1.05 bits per heavy atom. The van der Waals surface area contributed by atoms with Crippen molar-refractivity contribution in [1.29, 1.82) is 0 Å². The van der Waals surface area contributed by atoms with Crippen molar-refractivity contribution < 1.29 is 27.9 Å². The molecule has 1 atom stereocenters. The molecule has 5 N–H and O–H groups in total. The SMILES string of the molecule is CCN(C(=O)c1ccc(C#Cc2ccc(OC(C)C)c(C(=O)N[C@@H](CO)Cc3c[nH]c4ccccc34)c2)cc1)S(N)(=O)=O. The van der Waals surface area contributed by atoms with Crippen molar-refractivity contribution in [1.82, 2.24) is 14.6 Å². The van der Waals surface area contributed by atoms with Gasteiger partial charge >= 0.3 is 10.2 Å². The number of carbonyl (C=O) groups excluding carboxylic acids is 2. The van der Waals surface area contributed by atoms with E-state index >= 15 is 0 Å². The standard InChI is InChI=1S/C32H34N4O6S/c1-4-36(43(33,40)41)32(39)24-14-11-22(12-15-24)9-10-23-13-16-30(42-21(2)3)28(17-23)31(38)35-26(20-37)18-25-19-34-29-8-6-5-7-27(25)29/h5-8,11-17,19,21,26,34,37H,4,18,20H2,1-3H3,(H,35,38)(H2,33,40,41)/t26-/m1/s1. The number of aliphatic hydroxyl groups excluding tert-OH is 1. The first-order chi connectivity index (χ1) is 20.5. The van der Waals surface area contributed by atoms with E-state index in [1.54, 1.807) is 30.3 Å². The molecule has 0 aliphatic heterocycles. The summed E-state index contributed by atoms with van der Waals surface area (Å²) in [6, 6.07) is 18.5. The van der Waals surface area contributed by atoms with E-state index in [0.29, 0.717) is 27.6 Å². The number of aromatic nitrogens is 1. The highest BCUT2D eigenvalue weighted by atomic mass is 32.2. The lowest BCUT2D eigenvalue weighted by atomic mass is 10.0. The summed E-state index contributed by atoms with van der Waals surface area (Å²) in [6.45, 7) is 4.90. The highest BCUT2D eigenvalue weighted by Gasteiger charge is 2.23. The fraction of sp³-hybridized carbons (Fsp3) is 0.250. The van der Waals surface area contributed by atoms with Crippen molar-refractivity contribution in [3.8, 4) is 17.6 Å². The summed E-state index contributed by atoms with van der Waals surface area (Å²) in [7, 11) is -4.18. The van der Waals surface area contributed by atoms with Gasteiger partial charge in [0.05, 0.1) is 24.3 Å². The van der Waals surface area contributed by atoms with E-state index in [9.17, 15) is 23.1 Å². The number of hydrogen-bond acceptors (Lipinski definition) is 6. The monoisotopic (exact) mass is 602 g/mol. The lowest BCUT2D eigenvalue weighted by Crippen LogP contribution is -2.41. The van der Waals surface area contributed by atoms with E-state index < -0.39 is 28.1 Å². The van der Waals surface area contributed by atoms with Crippen molar-refractivity contribution in [2.45, 2.75) is 39.3 Å². The van der Waals surface area contributed by atoms with Gasteiger partial charge in [0.2, 0.25) is 0 Å². The number of aromatic amines is 1. The van der Waals surface area contributed by atoms with Gasteiger partial charge in [-0.2, -0.15) is 8.42 Å². The van der Waals surface area contributed by atoms with Crippen LogP contribution in [0.15, 0.2) is 72.9 Å². The van der Waals surface area contributed by atoms with Crippen LogP contribution in [0, 0.1) is 11.8 Å². The number of benzene rings is 3. The third-order valence-electron chi connectivity index (χ3n) is 6.59. The number of nitrogens with one attached hydrogen (secondary N) is 2. The van der Waals surface area contributed by atoms with Gasteiger partial charge in [-0.15, -0.1) is 0 Å². The summed E-state index contributed by atoms with van der Waals surface area (Å²) in [5, 5.41) is 19.2. The van der Waals surface area contributed by atoms with Gasteiger partial charge in [-0.25, -0.2) is 9.44 Å². The predicted molar refractivity (Wildman–Crippen MR) is 165 cm³/mol. The first kappa shape index (κ1) is 31.3. The van der Waals surface area contributed by atoms with Crippen LogP contribution >= 0.6 is 0 Å². The molecule has 224 valence electrons. The number of rotatable bonds is 10. The number of para-hydroxylation sites is 1. The van der Waals surface area contributed by atoms with E-state index in [1.165, 1.54) is 19.1 Å². The third kappa shape index (κ3) is 7.81. The molecule has 0 saturated carbocycles. The first-order valence-corrected chi connectivity index (χ1v) is 15.2. The number of nitrogens with two attached hydrogens (primary N) is 1. The maximum absolute atomic E-state index is 13.4. The number of ether oxygens (including phenoxy) is 1. The molecule has 0 unspecified atom stereocenters. The average molecular weight is 603 g/mol. The number of carbonyl (C=O) groups is 2. The van der Waals surface area contributed by atoms with Crippen molar-refractivity contribution in [3.63, 3.8) is 0 Å². The molecule has 1 heterocycles. The van der Waals surface area contributed by atoms with Gasteiger partial charge in [0.15, 0.2) is 0 Å². The maximum Gasteiger partial charge on any atom is 0.301 e. The number of fused-ring (bicyclic) bond motifs is 1. The quantitative estimate of drug-likeness (QED) is 0.204. The van der Waals surface area contributed by atoms with Crippen molar-refractivity contribution in [2.75, 3.05) is 13.2 Å². The summed E-state index contributed by atoms with van der Waals surface area (Å²) in [5.41, 5.74) is 3.51. The van der Waals surface area contributed by atoms with Gasteiger partial charge in [-0.05, 0) is 81.3 Å². The molecule has 0 saturated heterocycles. The zero-order chi connectivity index (χ0) is 31.1. The van der Waals surface area contributed by atoms with E-state index in [0.717, 1.165) is 16.5 Å². The van der Waals surface area contributed by atoms with Crippen LogP contribution in [0.5, 0.6) is 5.75 Å². The zero-order valence-corrected chi connectivity index (χ0v) is 24.9. The van der Waals surface area contributed by atoms with Gasteiger partial charge in [-0.1, -0.05) is 30.0 Å². The molecular weight excluding hydrogens is 568 g/mol. The van der Waals surface area contributed by atoms with Crippen LogP contribution in [0.2, 0.25) is 0 Å². The Kier molecular flexibility index (Phi) is 9.88. The van der Waals surface area contributed by atoms with E-state index in [1.807, 2.05) is 44.3 Å². The van der Waals surface area contributed by atoms with Crippen LogP contribution in [-0.4, -0.2) is 59.9 Å². The van der Waals surface area contributed by atoms with Crippen molar-refractivity contribution in [2.24, 2.45) is 5.14 Å². The van der Waals surface area contributed by atoms with Crippen molar-refractivity contribution in [3.05, 3.63) is 101 Å². The minimum atomic E-state index is -4.18. The molecule has 0 bridgehead atoms. The Morgan fingerprint density at radius 2 is 1.72 bits per heavy atom. The second-order valence-electron chi connectivity index (χ2n) is 10.1. The van der Waals surface area contributed by atoms with E-state index in [2.05, 4.69) is 22.1 Å². The minimum Gasteiger partial charge on any atom is -0.490 e. The van der Waals surface area contributed by atoms with Gasteiger partial charge in [0.25, 0.3) is 11.8 Å². The minimum absolute atomic E-state index is 0.0896. The van der Waals surface area contributed by atoms with E-state index in [-0.39, 0.29) is 30.4 Å². The summed E-state index contributed by atoms with van der Waals surface area (Å²) in [4.78, 5) is 29.2. The molecule has 4 rings (SSSR count). The number of hydrogen-bond donors (Lipinski definition) is 4. The van der Waals surface area contributed by atoms with E-state index in [4.69, 9.17) is 9.88 Å². The molecule has 43 heavy (non-hydrogen) atoms. The first-order valence-electron chi connectivity index (χ1n) is 13.7. The highest BCUT2D eigenvalue weighted by Crippen LogP contribution is 2.23. The highest BCUT2D eigenvalue weighted by molar-refractivity contribution is 7.87. The number of H-pyrrole nitrogens is 1. The van der Waals surface area contributed by atoms with Crippen LogP contribution in [0.25, 0.3) is 10.9 Å². The van der Waals surface area contributed by atoms with Crippen LogP contribution < -0.4 is 15.2 Å². The number of aliphatic hydroxyl groups is 1. The summed E-state index contributed by atoms with van der Waals surface area (Å²) in [6.07, 6.45) is 2.13. The van der Waals surface area contributed by atoms with Gasteiger partial charge in [0, 0.05) is 40.3 Å². The second kappa shape index (κ2) is 13.6. The topological polar surface area (TPSA) is 155 Å². The molecule has 0 spiro atoms. The molecule has 0 radical (unpaired) electrons. The van der Waals surface area contributed by atoms with Crippen molar-refractivity contribution >= 4 is 32.9 Å². The maximum atomic E-state index is 13.4. The van der Waals surface area contributed by atoms with Gasteiger partial charge < -0.3 is 20.1 Å². The number of nitrogens with zero attached hydrogens (tertiary/aromatic N) is 1. The molecule has 11 heteroatoms. The molecule has 10 nitrogen and oxygen atoms in total. The van der Waals surface area contributed by atoms with Crippen LogP contribution in [0.4, 0.5) is 0 Å². The predicted octanol–water partition coefficient (Wildman–Crippen LogP) is 3.35. The smallest absolute Gasteiger partial charge is 0.301 e. The average Bonchev–Trinajstić information content (AvgIpc) is 3.38. The lowest BCUT2D eigenvalue weighted by molar-refractivity contribution is 0.0864. The fourth-order valence-electron chi connectivity index (χ4n) is 4.56. The second-order valence-corrected chi connectivity index (χ2v) is 11.6. The molecule has 2 amide bonds. The van der Waals surface area contributed by atoms with Crippen LogP contribution in [-0.2, 0) is 16.6 Å². The molecule has 3 aromatic carbocycles. The Balaban J connectivity index is 1.54. The molecule has 0 aliphatic rings. The Bertz CT molecular complexity index is 1790. The van der Waals surface area contributed by atoms with Gasteiger partial charge in [0.1, 0.15) is 5.75 Å². The fourth-order valence-corrected chi connectivity index (χ4v) is 5.25. The Morgan fingerprint density at radius 3 is 2.37 bits per heavy atom. The summed E-state index contributed by atoms with van der Waals surface area (Å²) in [5.74, 6) is 5.26. The van der Waals surface area contributed by atoms with Crippen LogP contribution in [0.3, 0.4) is 0 Å². The largest absolute Gasteiger partial charge is 0.490 e. The Hall–Kier alpha value is -4.63. The normalized spacial score (nSPS) is 12.0. The zero-order valence-electron chi connectivity index (χ0n) is 24.1. The molecule has 1 aromatic heterocycles. The summed E-state index contributed by atoms with van der Waals surface area (Å²) >= 11 is 0. The van der Waals surface area contributed by atoms with Crippen LogP contribution in [0.1, 0.15) is 58.2 Å². The summed E-state index contributed by atoms with van der Waals surface area (Å²) < 4.78 is 29.8. The van der Waals surface area contributed by atoms with Gasteiger partial charge in [-0.3, -0.25) is 9.59 Å².